The lowest BCUT2D eigenvalue weighted by atomic mass is 9.75. The maximum Gasteiger partial charge on any atom is 0.272 e. The van der Waals surface area contributed by atoms with E-state index in [1.807, 2.05) is 0 Å². The topological polar surface area (TPSA) is 69.2 Å². The smallest absolute Gasteiger partial charge is 0.272 e. The summed E-state index contributed by atoms with van der Waals surface area (Å²) in [4.78, 5) is 10.3. The van der Waals surface area contributed by atoms with Crippen LogP contribution in [-0.4, -0.2) is 10.8 Å². The van der Waals surface area contributed by atoms with Gasteiger partial charge in [0.2, 0.25) is 5.92 Å². The number of nitrogens with zero attached hydrogens (tertiary/aromatic N) is 1. The number of hydrogen-bond donors (Lipinski definition) is 1. The van der Waals surface area contributed by atoms with Gasteiger partial charge in [-0.2, -0.15) is 0 Å². The standard InChI is InChI=1S/C13H16F2N2O2/c1-9-8-10(2-3-11(9)17(18)19)12(16)4-6-13(14,15)7-5-12/h2-3,8H,4-7,16H2,1H3. The minimum absolute atomic E-state index is 0.0217. The zero-order chi connectivity index (χ0) is 14.3. The Hall–Kier alpha value is -1.56. The normalized spacial score (nSPS) is 21.1. The maximum atomic E-state index is 13.2. The van der Waals surface area contributed by atoms with Crippen LogP contribution in [0.4, 0.5) is 14.5 Å². The van der Waals surface area contributed by atoms with E-state index in [1.165, 1.54) is 6.07 Å². The molecule has 0 aliphatic heterocycles. The molecule has 1 fully saturated rings. The molecule has 1 saturated carbocycles. The van der Waals surface area contributed by atoms with E-state index in [9.17, 15) is 18.9 Å². The van der Waals surface area contributed by atoms with Gasteiger partial charge in [-0.25, -0.2) is 8.78 Å². The second kappa shape index (κ2) is 4.52. The highest BCUT2D eigenvalue weighted by atomic mass is 19.3. The van der Waals surface area contributed by atoms with Crippen molar-refractivity contribution >= 4 is 5.69 Å². The highest BCUT2D eigenvalue weighted by Crippen LogP contribution is 2.42. The second-order valence-electron chi connectivity index (χ2n) is 5.27. The molecule has 4 nitrogen and oxygen atoms in total. The summed E-state index contributed by atoms with van der Waals surface area (Å²) < 4.78 is 26.3. The first-order chi connectivity index (χ1) is 8.73. The predicted octanol–water partition coefficient (Wildman–Crippen LogP) is 3.27. The van der Waals surface area contributed by atoms with Gasteiger partial charge in [0.1, 0.15) is 0 Å². The molecule has 0 spiro atoms. The lowest BCUT2D eigenvalue weighted by molar-refractivity contribution is -0.385. The third-order valence-electron chi connectivity index (χ3n) is 3.84. The summed E-state index contributed by atoms with van der Waals surface area (Å²) in [6, 6.07) is 4.61. The van der Waals surface area contributed by atoms with Crippen LogP contribution in [0.2, 0.25) is 0 Å². The first-order valence-electron chi connectivity index (χ1n) is 6.16. The second-order valence-corrected chi connectivity index (χ2v) is 5.27. The summed E-state index contributed by atoms with van der Waals surface area (Å²) in [5.74, 6) is -2.64. The largest absolute Gasteiger partial charge is 0.321 e. The van der Waals surface area contributed by atoms with Crippen molar-refractivity contribution in [1.29, 1.82) is 0 Å². The fourth-order valence-electron chi connectivity index (χ4n) is 2.52. The van der Waals surface area contributed by atoms with Gasteiger partial charge in [0, 0.05) is 30.0 Å². The molecule has 0 saturated heterocycles. The molecule has 0 unspecified atom stereocenters. The van der Waals surface area contributed by atoms with Crippen LogP contribution in [0.3, 0.4) is 0 Å². The quantitative estimate of drug-likeness (QED) is 0.662. The molecular weight excluding hydrogens is 254 g/mol. The minimum atomic E-state index is -2.64. The van der Waals surface area contributed by atoms with E-state index < -0.39 is 16.4 Å². The highest BCUT2D eigenvalue weighted by molar-refractivity contribution is 5.44. The summed E-state index contributed by atoms with van der Waals surface area (Å²) in [5, 5.41) is 10.7. The number of aryl methyl sites for hydroxylation is 1. The van der Waals surface area contributed by atoms with Crippen LogP contribution in [0.5, 0.6) is 0 Å². The van der Waals surface area contributed by atoms with E-state index in [2.05, 4.69) is 0 Å². The molecule has 2 N–H and O–H groups in total. The molecule has 1 aliphatic carbocycles. The van der Waals surface area contributed by atoms with Crippen molar-refractivity contribution < 1.29 is 13.7 Å². The van der Waals surface area contributed by atoms with Gasteiger partial charge in [-0.05, 0) is 31.4 Å². The fourth-order valence-corrected chi connectivity index (χ4v) is 2.52. The summed E-state index contributed by atoms with van der Waals surface area (Å²) in [6.07, 6.45) is -0.0897. The van der Waals surface area contributed by atoms with Crippen molar-refractivity contribution in [3.8, 4) is 0 Å². The molecule has 0 aromatic heterocycles. The summed E-state index contributed by atoms with van der Waals surface area (Å²) >= 11 is 0. The number of alkyl halides is 2. The Morgan fingerprint density at radius 1 is 1.26 bits per heavy atom. The van der Waals surface area contributed by atoms with Crippen LogP contribution < -0.4 is 5.73 Å². The molecule has 19 heavy (non-hydrogen) atoms. The monoisotopic (exact) mass is 270 g/mol. The molecule has 1 aliphatic rings. The van der Waals surface area contributed by atoms with Crippen molar-refractivity contribution in [2.75, 3.05) is 0 Å². The van der Waals surface area contributed by atoms with Gasteiger partial charge in [0.05, 0.1) is 4.92 Å². The number of nitro benzene ring substituents is 1. The maximum absolute atomic E-state index is 13.2. The molecule has 6 heteroatoms. The molecule has 0 radical (unpaired) electrons. The third kappa shape index (κ3) is 2.73. The lowest BCUT2D eigenvalue weighted by Gasteiger charge is -2.37. The fraction of sp³-hybridized carbons (Fsp3) is 0.538. The number of halogens is 2. The van der Waals surface area contributed by atoms with Gasteiger partial charge in [0.25, 0.3) is 5.69 Å². The van der Waals surface area contributed by atoms with Crippen LogP contribution in [0.1, 0.15) is 36.8 Å². The third-order valence-corrected chi connectivity index (χ3v) is 3.84. The van der Waals surface area contributed by atoms with Gasteiger partial charge < -0.3 is 5.73 Å². The molecule has 0 heterocycles. The lowest BCUT2D eigenvalue weighted by Crippen LogP contribution is -2.43. The van der Waals surface area contributed by atoms with Crippen LogP contribution in [0, 0.1) is 17.0 Å². The summed E-state index contributed by atoms with van der Waals surface area (Å²) in [6.45, 7) is 1.63. The number of nitrogens with two attached hydrogens (primary N) is 1. The van der Waals surface area contributed by atoms with Crippen molar-refractivity contribution in [1.82, 2.24) is 0 Å². The van der Waals surface area contributed by atoms with Crippen LogP contribution >= 0.6 is 0 Å². The van der Waals surface area contributed by atoms with E-state index in [0.717, 1.165) is 0 Å². The van der Waals surface area contributed by atoms with Crippen molar-refractivity contribution in [3.63, 3.8) is 0 Å². The van der Waals surface area contributed by atoms with E-state index in [0.29, 0.717) is 11.1 Å². The van der Waals surface area contributed by atoms with Crippen LogP contribution in [0.25, 0.3) is 0 Å². The Kier molecular flexibility index (Phi) is 3.30. The van der Waals surface area contributed by atoms with Crippen molar-refractivity contribution in [2.45, 2.75) is 44.1 Å². The summed E-state index contributed by atoms with van der Waals surface area (Å²) in [7, 11) is 0. The molecule has 1 aromatic carbocycles. The number of rotatable bonds is 2. The van der Waals surface area contributed by atoms with E-state index in [1.54, 1.807) is 19.1 Å². The number of nitro groups is 1. The number of hydrogen-bond acceptors (Lipinski definition) is 3. The molecule has 2 rings (SSSR count). The van der Waals surface area contributed by atoms with Crippen LogP contribution in [0.15, 0.2) is 18.2 Å². The average molecular weight is 270 g/mol. The predicted molar refractivity (Wildman–Crippen MR) is 67.1 cm³/mol. The Labute approximate surface area is 109 Å². The Morgan fingerprint density at radius 2 is 1.84 bits per heavy atom. The first-order valence-corrected chi connectivity index (χ1v) is 6.16. The van der Waals surface area contributed by atoms with Gasteiger partial charge in [-0.15, -0.1) is 0 Å². The first kappa shape index (κ1) is 13.9. The van der Waals surface area contributed by atoms with Gasteiger partial charge in [-0.1, -0.05) is 6.07 Å². The van der Waals surface area contributed by atoms with Crippen molar-refractivity contribution in [3.05, 3.63) is 39.4 Å². The van der Waals surface area contributed by atoms with E-state index in [-0.39, 0.29) is 31.4 Å². The minimum Gasteiger partial charge on any atom is -0.321 e. The molecule has 0 amide bonds. The van der Waals surface area contributed by atoms with Gasteiger partial charge in [0.15, 0.2) is 0 Å². The molecular formula is C13H16F2N2O2. The highest BCUT2D eigenvalue weighted by Gasteiger charge is 2.42. The van der Waals surface area contributed by atoms with Gasteiger partial charge in [-0.3, -0.25) is 10.1 Å². The van der Waals surface area contributed by atoms with E-state index in [4.69, 9.17) is 5.73 Å². The van der Waals surface area contributed by atoms with Crippen molar-refractivity contribution in [2.24, 2.45) is 5.73 Å². The molecule has 0 atom stereocenters. The summed E-state index contributed by atoms with van der Waals surface area (Å²) in [5.41, 5.74) is 6.62. The Morgan fingerprint density at radius 3 is 2.32 bits per heavy atom. The van der Waals surface area contributed by atoms with Crippen LogP contribution in [-0.2, 0) is 5.54 Å². The molecule has 1 aromatic rings. The average Bonchev–Trinajstić information content (AvgIpc) is 2.33. The van der Waals surface area contributed by atoms with Gasteiger partial charge >= 0.3 is 0 Å². The molecule has 104 valence electrons. The van der Waals surface area contributed by atoms with E-state index >= 15 is 0 Å². The zero-order valence-electron chi connectivity index (χ0n) is 10.7. The Balaban J connectivity index is 2.27. The molecule has 0 bridgehead atoms. The SMILES string of the molecule is Cc1cc(C2(N)CCC(F)(F)CC2)ccc1[N+](=O)[O-]. The Bertz CT molecular complexity index is 507. The number of benzene rings is 1. The zero-order valence-corrected chi connectivity index (χ0v) is 10.7.